The van der Waals surface area contributed by atoms with Gasteiger partial charge < -0.3 is 0 Å². The Kier molecular flexibility index (Phi) is 3.48. The average Bonchev–Trinajstić information content (AvgIpc) is 2.30. The van der Waals surface area contributed by atoms with E-state index in [1.165, 1.54) is 5.56 Å². The molecule has 0 bridgehead atoms. The first-order valence-corrected chi connectivity index (χ1v) is 6.75. The summed E-state index contributed by atoms with van der Waals surface area (Å²) in [5, 5.41) is 2.47. The predicted molar refractivity (Wildman–Crippen MR) is 74.6 cm³/mol. The van der Waals surface area contributed by atoms with E-state index < -0.39 is 0 Å². The lowest BCUT2D eigenvalue weighted by Gasteiger charge is -2.43. The molecule has 3 nitrogen and oxygen atoms in total. The van der Waals surface area contributed by atoms with Crippen LogP contribution in [0, 0.1) is 18.3 Å². The second-order valence-electron chi connectivity index (χ2n) is 6.09. The van der Waals surface area contributed by atoms with E-state index in [1.807, 2.05) is 38.1 Å². The topological polar surface area (TPSA) is 46.2 Å². The third-order valence-electron chi connectivity index (χ3n) is 4.46. The molecule has 0 saturated carbocycles. The van der Waals surface area contributed by atoms with E-state index in [-0.39, 0.29) is 29.1 Å². The second-order valence-corrected chi connectivity index (χ2v) is 6.09. The first-order valence-electron chi connectivity index (χ1n) is 6.75. The molecule has 1 aliphatic heterocycles. The van der Waals surface area contributed by atoms with Crippen LogP contribution in [0.15, 0.2) is 24.3 Å². The highest BCUT2D eigenvalue weighted by Crippen LogP contribution is 2.46. The van der Waals surface area contributed by atoms with E-state index in [2.05, 4.69) is 19.2 Å². The summed E-state index contributed by atoms with van der Waals surface area (Å²) in [5.41, 5.74) is 1.84. The van der Waals surface area contributed by atoms with Gasteiger partial charge in [0.2, 0.25) is 11.8 Å². The van der Waals surface area contributed by atoms with E-state index in [4.69, 9.17) is 0 Å². The number of hydrogen-bond donors (Lipinski definition) is 1. The molecule has 2 rings (SSSR count). The molecule has 2 amide bonds. The zero-order valence-electron chi connectivity index (χ0n) is 12.0. The molecule has 0 radical (unpaired) electrons. The molecular weight excluding hydrogens is 238 g/mol. The summed E-state index contributed by atoms with van der Waals surface area (Å²) in [5.74, 6) is -0.333. The minimum atomic E-state index is -0.325. The third kappa shape index (κ3) is 2.42. The highest BCUT2D eigenvalue weighted by Gasteiger charge is 2.47. The number of rotatable bonds is 2. The maximum absolute atomic E-state index is 12.3. The number of benzene rings is 1. The second kappa shape index (κ2) is 4.80. The van der Waals surface area contributed by atoms with Crippen molar-refractivity contribution in [1.82, 2.24) is 5.32 Å². The fourth-order valence-corrected chi connectivity index (χ4v) is 2.83. The van der Waals surface area contributed by atoms with Crippen molar-refractivity contribution in [2.75, 3.05) is 0 Å². The summed E-state index contributed by atoms with van der Waals surface area (Å²) in [6.45, 7) is 8.22. The number of imide groups is 1. The minimum Gasteiger partial charge on any atom is -0.296 e. The number of carbonyl (C=O) groups excluding carboxylic acids is 2. The molecule has 1 aromatic rings. The molecule has 1 heterocycles. The van der Waals surface area contributed by atoms with Gasteiger partial charge in [-0.05, 0) is 23.8 Å². The molecule has 0 aliphatic carbocycles. The minimum absolute atomic E-state index is 0.162. The van der Waals surface area contributed by atoms with Crippen LogP contribution in [0.2, 0.25) is 0 Å². The summed E-state index contributed by atoms with van der Waals surface area (Å²) in [6.07, 6.45) is 0.398. The SMILES string of the molecule is Cc1ccc(C2C(=O)NC(=O)CC2(C)C(C)C)cc1. The number of hydrogen-bond acceptors (Lipinski definition) is 2. The number of carbonyl (C=O) groups is 2. The van der Waals surface area contributed by atoms with Gasteiger partial charge in [0, 0.05) is 6.42 Å². The molecule has 1 aliphatic rings. The van der Waals surface area contributed by atoms with Crippen LogP contribution in [-0.2, 0) is 9.59 Å². The maximum Gasteiger partial charge on any atom is 0.234 e. The Hall–Kier alpha value is -1.64. The molecule has 0 spiro atoms. The smallest absolute Gasteiger partial charge is 0.234 e. The van der Waals surface area contributed by atoms with Crippen molar-refractivity contribution in [2.45, 2.75) is 40.0 Å². The van der Waals surface area contributed by atoms with Gasteiger partial charge in [0.25, 0.3) is 0 Å². The highest BCUT2D eigenvalue weighted by molar-refractivity contribution is 6.02. The summed E-state index contributed by atoms with van der Waals surface area (Å²) in [6, 6.07) is 8.02. The quantitative estimate of drug-likeness (QED) is 0.830. The molecule has 2 atom stereocenters. The molecule has 0 aromatic heterocycles. The first-order chi connectivity index (χ1) is 8.84. The molecular formula is C16H21NO2. The van der Waals surface area contributed by atoms with Crippen molar-refractivity contribution in [3.05, 3.63) is 35.4 Å². The lowest BCUT2D eigenvalue weighted by molar-refractivity contribution is -0.141. The lowest BCUT2D eigenvalue weighted by Crippen LogP contribution is -2.51. The van der Waals surface area contributed by atoms with Crippen molar-refractivity contribution in [3.63, 3.8) is 0 Å². The summed E-state index contributed by atoms with van der Waals surface area (Å²) >= 11 is 0. The van der Waals surface area contributed by atoms with Crippen LogP contribution in [0.4, 0.5) is 0 Å². The number of aryl methyl sites for hydroxylation is 1. The molecule has 19 heavy (non-hydrogen) atoms. The van der Waals surface area contributed by atoms with E-state index >= 15 is 0 Å². The van der Waals surface area contributed by atoms with E-state index in [0.29, 0.717) is 6.42 Å². The Morgan fingerprint density at radius 3 is 2.32 bits per heavy atom. The Labute approximate surface area is 114 Å². The molecule has 1 fully saturated rings. The van der Waals surface area contributed by atoms with Gasteiger partial charge in [-0.2, -0.15) is 0 Å². The monoisotopic (exact) mass is 259 g/mol. The van der Waals surface area contributed by atoms with Crippen LogP contribution < -0.4 is 5.32 Å². The number of amides is 2. The summed E-state index contributed by atoms with van der Waals surface area (Å²) in [7, 11) is 0. The summed E-state index contributed by atoms with van der Waals surface area (Å²) in [4.78, 5) is 24.0. The normalized spacial score (nSPS) is 27.5. The summed E-state index contributed by atoms with van der Waals surface area (Å²) < 4.78 is 0. The molecule has 1 N–H and O–H groups in total. The van der Waals surface area contributed by atoms with Crippen molar-refractivity contribution < 1.29 is 9.59 Å². The third-order valence-corrected chi connectivity index (χ3v) is 4.46. The molecule has 102 valence electrons. The fourth-order valence-electron chi connectivity index (χ4n) is 2.83. The Bertz CT molecular complexity index is 504. The van der Waals surface area contributed by atoms with Crippen LogP contribution in [0.25, 0.3) is 0 Å². The first kappa shape index (κ1) is 13.8. The van der Waals surface area contributed by atoms with Crippen LogP contribution in [0.3, 0.4) is 0 Å². The van der Waals surface area contributed by atoms with Gasteiger partial charge >= 0.3 is 0 Å². The van der Waals surface area contributed by atoms with Gasteiger partial charge in [-0.3, -0.25) is 14.9 Å². The van der Waals surface area contributed by atoms with Gasteiger partial charge in [-0.25, -0.2) is 0 Å². The van der Waals surface area contributed by atoms with Crippen molar-refractivity contribution in [2.24, 2.45) is 11.3 Å². The molecule has 1 aromatic carbocycles. The standard InChI is InChI=1S/C16H21NO2/c1-10(2)16(4)9-13(18)17-15(19)14(16)12-7-5-11(3)6-8-12/h5-8,10,14H,9H2,1-4H3,(H,17,18,19). The van der Waals surface area contributed by atoms with E-state index in [0.717, 1.165) is 5.56 Å². The Morgan fingerprint density at radius 2 is 1.79 bits per heavy atom. The molecule has 2 unspecified atom stereocenters. The Morgan fingerprint density at radius 1 is 1.21 bits per heavy atom. The number of piperidine rings is 1. The van der Waals surface area contributed by atoms with Crippen molar-refractivity contribution in [1.29, 1.82) is 0 Å². The van der Waals surface area contributed by atoms with Gasteiger partial charge in [0.1, 0.15) is 0 Å². The predicted octanol–water partition coefficient (Wildman–Crippen LogP) is 2.79. The van der Waals surface area contributed by atoms with Crippen LogP contribution in [0.5, 0.6) is 0 Å². The van der Waals surface area contributed by atoms with E-state index in [9.17, 15) is 9.59 Å². The van der Waals surface area contributed by atoms with Gasteiger partial charge in [0.05, 0.1) is 5.92 Å². The zero-order valence-corrected chi connectivity index (χ0v) is 12.0. The Balaban J connectivity index is 2.47. The van der Waals surface area contributed by atoms with Crippen LogP contribution in [0.1, 0.15) is 44.2 Å². The largest absolute Gasteiger partial charge is 0.296 e. The van der Waals surface area contributed by atoms with Gasteiger partial charge in [-0.15, -0.1) is 0 Å². The van der Waals surface area contributed by atoms with Crippen LogP contribution in [-0.4, -0.2) is 11.8 Å². The van der Waals surface area contributed by atoms with Gasteiger partial charge in [-0.1, -0.05) is 50.6 Å². The molecule has 3 heteroatoms. The highest BCUT2D eigenvalue weighted by atomic mass is 16.2. The zero-order chi connectivity index (χ0) is 14.2. The van der Waals surface area contributed by atoms with E-state index in [1.54, 1.807) is 0 Å². The van der Waals surface area contributed by atoms with Gasteiger partial charge in [0.15, 0.2) is 0 Å². The fraction of sp³-hybridized carbons (Fsp3) is 0.500. The average molecular weight is 259 g/mol. The lowest BCUT2D eigenvalue weighted by atomic mass is 9.62. The maximum atomic E-state index is 12.3. The van der Waals surface area contributed by atoms with Crippen molar-refractivity contribution >= 4 is 11.8 Å². The van der Waals surface area contributed by atoms with Crippen LogP contribution >= 0.6 is 0 Å². The molecule has 1 saturated heterocycles. The number of nitrogens with one attached hydrogen (secondary N) is 1. The van der Waals surface area contributed by atoms with Crippen molar-refractivity contribution in [3.8, 4) is 0 Å².